The van der Waals surface area contributed by atoms with E-state index in [1.807, 2.05) is 61.3 Å². The number of nitrogens with one attached hydrogen (secondary N) is 1. The molecule has 0 aliphatic heterocycles. The minimum Gasteiger partial charge on any atom is -0.467 e. The molecule has 0 heterocycles. The predicted molar refractivity (Wildman–Crippen MR) is 196 cm³/mol. The fourth-order valence-corrected chi connectivity index (χ4v) is 8.04. The molecule has 1 aliphatic carbocycles. The van der Waals surface area contributed by atoms with E-state index in [-0.39, 0.29) is 11.9 Å². The van der Waals surface area contributed by atoms with Crippen LogP contribution in [0.4, 0.5) is 8.78 Å². The number of rotatable bonds is 17. The van der Waals surface area contributed by atoms with Gasteiger partial charge < -0.3 is 10.1 Å². The Morgan fingerprint density at radius 3 is 2.33 bits per heavy atom. The number of methoxy groups -OCH3 is 1. The SMILES string of the molecule is CCSC[C@H](CC1CCCCC1)N(Cc1cc(F)cc(F)c1)Cc1ccc(C(=O)N[C@@H](CCSC)C(=O)OC)c(-c2ccccc2C)c1. The van der Waals surface area contributed by atoms with Crippen molar-refractivity contribution in [2.45, 2.75) is 84.0 Å². The summed E-state index contributed by atoms with van der Waals surface area (Å²) in [5, 5.41) is 2.93. The Kier molecular flexibility index (Phi) is 15.3. The van der Waals surface area contributed by atoms with Gasteiger partial charge in [-0.25, -0.2) is 13.6 Å². The van der Waals surface area contributed by atoms with Crippen LogP contribution in [0.3, 0.4) is 0 Å². The summed E-state index contributed by atoms with van der Waals surface area (Å²) in [5.74, 6) is 1.31. The number of carbonyl (C=O) groups excluding carboxylic acids is 2. The Balaban J connectivity index is 1.73. The van der Waals surface area contributed by atoms with Crippen molar-refractivity contribution in [2.24, 2.45) is 5.92 Å². The molecule has 0 bridgehead atoms. The van der Waals surface area contributed by atoms with Crippen LogP contribution >= 0.6 is 23.5 Å². The second kappa shape index (κ2) is 19.3. The van der Waals surface area contributed by atoms with E-state index in [1.165, 1.54) is 51.3 Å². The minimum absolute atomic E-state index is 0.214. The Labute approximate surface area is 294 Å². The van der Waals surface area contributed by atoms with Crippen LogP contribution in [0.15, 0.2) is 60.7 Å². The Morgan fingerprint density at radius 2 is 1.67 bits per heavy atom. The van der Waals surface area contributed by atoms with Gasteiger partial charge in [-0.3, -0.25) is 9.69 Å². The molecule has 3 aromatic carbocycles. The van der Waals surface area contributed by atoms with E-state index < -0.39 is 23.6 Å². The van der Waals surface area contributed by atoms with Crippen LogP contribution in [-0.4, -0.2) is 59.5 Å². The van der Waals surface area contributed by atoms with Crippen LogP contribution in [0.25, 0.3) is 11.1 Å². The number of halogens is 2. The largest absolute Gasteiger partial charge is 0.467 e. The van der Waals surface area contributed by atoms with E-state index in [2.05, 4.69) is 23.2 Å². The van der Waals surface area contributed by atoms with Gasteiger partial charge in [0, 0.05) is 36.5 Å². The third-order valence-electron chi connectivity index (χ3n) is 9.22. The highest BCUT2D eigenvalue weighted by Crippen LogP contribution is 2.33. The molecule has 0 saturated heterocycles. The summed E-state index contributed by atoms with van der Waals surface area (Å²) in [7, 11) is 1.33. The number of hydrogen-bond donors (Lipinski definition) is 1. The number of esters is 1. The second-order valence-corrected chi connectivity index (χ2v) is 15.1. The number of carbonyl (C=O) groups is 2. The number of amides is 1. The lowest BCUT2D eigenvalue weighted by atomic mass is 9.84. The maximum atomic E-state index is 14.4. The third kappa shape index (κ3) is 11.1. The number of thioether (sulfide) groups is 2. The van der Waals surface area contributed by atoms with Crippen LogP contribution in [-0.2, 0) is 22.6 Å². The molecule has 3 aromatic rings. The number of benzene rings is 3. The van der Waals surface area contributed by atoms with Crippen molar-refractivity contribution in [3.05, 3.63) is 94.6 Å². The van der Waals surface area contributed by atoms with Crippen LogP contribution in [0.5, 0.6) is 0 Å². The highest BCUT2D eigenvalue weighted by atomic mass is 32.2. The maximum Gasteiger partial charge on any atom is 0.328 e. The molecular weight excluding hydrogens is 647 g/mol. The predicted octanol–water partition coefficient (Wildman–Crippen LogP) is 9.06. The standard InChI is InChI=1S/C39H50F2N2O3S2/c1-5-48-26-33(21-28-12-7-6-8-13-28)43(25-30-19-31(40)23-32(41)20-30)24-29-15-16-35(36(22-29)34-14-10-9-11-27(34)2)38(44)42-37(17-18-47-4)39(45)46-3/h9-11,14-16,19-20,22-23,28,33,37H,5-8,12-13,17-18,21,24-26H2,1-4H3,(H,42,44)/t33-,37-/m0/s1. The second-order valence-electron chi connectivity index (χ2n) is 12.8. The van der Waals surface area contributed by atoms with Gasteiger partial charge in [0.25, 0.3) is 5.91 Å². The highest BCUT2D eigenvalue weighted by Gasteiger charge is 2.27. The van der Waals surface area contributed by atoms with Gasteiger partial charge in [-0.1, -0.05) is 69.4 Å². The minimum atomic E-state index is -0.752. The third-order valence-corrected chi connectivity index (χ3v) is 10.9. The zero-order valence-electron chi connectivity index (χ0n) is 28.7. The molecule has 0 unspecified atom stereocenters. The van der Waals surface area contributed by atoms with Crippen molar-refractivity contribution in [3.63, 3.8) is 0 Å². The smallest absolute Gasteiger partial charge is 0.328 e. The molecule has 1 amide bonds. The summed E-state index contributed by atoms with van der Waals surface area (Å²) in [6.07, 6.45) is 9.71. The average Bonchev–Trinajstić information content (AvgIpc) is 3.08. The first-order valence-corrected chi connectivity index (χ1v) is 19.6. The van der Waals surface area contributed by atoms with Gasteiger partial charge in [0.15, 0.2) is 0 Å². The molecule has 0 radical (unpaired) electrons. The number of aryl methyl sites for hydroxylation is 1. The van der Waals surface area contributed by atoms with Crippen molar-refractivity contribution in [2.75, 3.05) is 30.6 Å². The topological polar surface area (TPSA) is 58.6 Å². The van der Waals surface area contributed by atoms with Gasteiger partial charge in [0.2, 0.25) is 0 Å². The zero-order valence-corrected chi connectivity index (χ0v) is 30.4. The molecule has 0 aromatic heterocycles. The van der Waals surface area contributed by atoms with Crippen LogP contribution in [0, 0.1) is 24.5 Å². The van der Waals surface area contributed by atoms with E-state index in [1.54, 1.807) is 11.8 Å². The summed E-state index contributed by atoms with van der Waals surface area (Å²) in [5.41, 5.74) is 4.82. The Bertz CT molecular complexity index is 1480. The lowest BCUT2D eigenvalue weighted by Crippen LogP contribution is -2.42. The molecule has 2 atom stereocenters. The van der Waals surface area contributed by atoms with E-state index in [4.69, 9.17) is 4.74 Å². The molecule has 48 heavy (non-hydrogen) atoms. The van der Waals surface area contributed by atoms with Crippen molar-refractivity contribution in [1.82, 2.24) is 10.2 Å². The van der Waals surface area contributed by atoms with Crippen LogP contribution in [0.1, 0.15) is 78.9 Å². The molecule has 0 spiro atoms. The number of hydrogen-bond acceptors (Lipinski definition) is 6. The quantitative estimate of drug-likeness (QED) is 0.142. The van der Waals surface area contributed by atoms with Crippen LogP contribution < -0.4 is 5.32 Å². The van der Waals surface area contributed by atoms with Gasteiger partial charge in [-0.2, -0.15) is 23.5 Å². The van der Waals surface area contributed by atoms with E-state index >= 15 is 0 Å². The monoisotopic (exact) mass is 696 g/mol. The van der Waals surface area contributed by atoms with E-state index in [0.29, 0.717) is 42.3 Å². The molecule has 1 fully saturated rings. The van der Waals surface area contributed by atoms with Crippen LogP contribution in [0.2, 0.25) is 0 Å². The van der Waals surface area contributed by atoms with Gasteiger partial charge in [0.05, 0.1) is 7.11 Å². The first-order valence-electron chi connectivity index (χ1n) is 17.1. The number of ether oxygens (including phenoxy) is 1. The van der Waals surface area contributed by atoms with Crippen molar-refractivity contribution >= 4 is 35.4 Å². The van der Waals surface area contributed by atoms with Crippen molar-refractivity contribution < 1.29 is 23.1 Å². The molecule has 1 N–H and O–H groups in total. The van der Waals surface area contributed by atoms with Gasteiger partial charge in [-0.05, 0) is 95.5 Å². The molecule has 1 aliphatic rings. The first-order chi connectivity index (χ1) is 23.2. The van der Waals surface area contributed by atoms with Gasteiger partial charge in [-0.15, -0.1) is 0 Å². The molecule has 1 saturated carbocycles. The summed E-state index contributed by atoms with van der Waals surface area (Å²) in [6.45, 7) is 5.15. The lowest BCUT2D eigenvalue weighted by molar-refractivity contribution is -0.142. The molecule has 4 rings (SSSR count). The van der Waals surface area contributed by atoms with Crippen molar-refractivity contribution in [1.29, 1.82) is 0 Å². The van der Waals surface area contributed by atoms with Gasteiger partial charge in [0.1, 0.15) is 17.7 Å². The Hall–Kier alpha value is -2.88. The van der Waals surface area contributed by atoms with E-state index in [0.717, 1.165) is 46.2 Å². The molecular formula is C39H50F2N2O3S2. The van der Waals surface area contributed by atoms with Gasteiger partial charge >= 0.3 is 5.97 Å². The maximum absolute atomic E-state index is 14.4. The molecule has 9 heteroatoms. The van der Waals surface area contributed by atoms with E-state index in [9.17, 15) is 18.4 Å². The fourth-order valence-electron chi connectivity index (χ4n) is 6.72. The Morgan fingerprint density at radius 1 is 0.958 bits per heavy atom. The summed E-state index contributed by atoms with van der Waals surface area (Å²) in [6, 6.07) is 17.1. The summed E-state index contributed by atoms with van der Waals surface area (Å²) < 4.78 is 33.8. The lowest BCUT2D eigenvalue weighted by Gasteiger charge is -2.35. The normalized spacial score (nSPS) is 14.9. The zero-order chi connectivity index (χ0) is 34.5. The van der Waals surface area contributed by atoms with Crippen molar-refractivity contribution in [3.8, 4) is 11.1 Å². The molecule has 5 nitrogen and oxygen atoms in total. The molecule has 260 valence electrons. The number of nitrogens with zero attached hydrogens (tertiary/aromatic N) is 1. The fraction of sp³-hybridized carbons (Fsp3) is 0.487. The summed E-state index contributed by atoms with van der Waals surface area (Å²) >= 11 is 3.51. The highest BCUT2D eigenvalue weighted by molar-refractivity contribution is 7.99. The first kappa shape index (κ1) is 37.9. The summed E-state index contributed by atoms with van der Waals surface area (Å²) in [4.78, 5) is 28.7. The average molecular weight is 697 g/mol.